The molecular weight excluding hydrogens is 438 g/mol. The van der Waals surface area contributed by atoms with E-state index in [2.05, 4.69) is 15.5 Å². The molecule has 0 atom stereocenters. The third kappa shape index (κ3) is 6.97. The van der Waals surface area contributed by atoms with E-state index in [1.54, 1.807) is 25.6 Å². The maximum atomic E-state index is 11.5. The summed E-state index contributed by atoms with van der Waals surface area (Å²) >= 11 is 7.39. The number of hydrogen-bond acceptors (Lipinski definition) is 8. The number of hydrogen-bond donors (Lipinski definition) is 1. The Hall–Kier alpha value is -3.10. The summed E-state index contributed by atoms with van der Waals surface area (Å²) in [4.78, 5) is 15.8. The van der Waals surface area contributed by atoms with Crippen molar-refractivity contribution in [1.82, 2.24) is 4.98 Å². The van der Waals surface area contributed by atoms with Crippen LogP contribution in [0.2, 0.25) is 5.02 Å². The average Bonchev–Trinajstić information content (AvgIpc) is 3.19. The van der Waals surface area contributed by atoms with Crippen molar-refractivity contribution in [2.45, 2.75) is 20.0 Å². The molecule has 0 spiro atoms. The number of benzene rings is 2. The minimum Gasteiger partial charge on any atom is -0.493 e. The number of thiazole rings is 1. The van der Waals surface area contributed by atoms with Gasteiger partial charge in [0, 0.05) is 10.4 Å². The van der Waals surface area contributed by atoms with Gasteiger partial charge < -0.3 is 14.2 Å². The first kappa shape index (κ1) is 22.6. The van der Waals surface area contributed by atoms with Gasteiger partial charge in [0.1, 0.15) is 6.61 Å². The Labute approximate surface area is 189 Å². The molecule has 0 aliphatic heterocycles. The molecule has 0 saturated heterocycles. The van der Waals surface area contributed by atoms with Gasteiger partial charge in [0.25, 0.3) is 0 Å². The number of carbonyl (C=O) groups is 1. The minimum absolute atomic E-state index is 0.140. The van der Waals surface area contributed by atoms with Gasteiger partial charge in [0.2, 0.25) is 5.13 Å². The van der Waals surface area contributed by atoms with Gasteiger partial charge in [-0.05, 0) is 48.4 Å². The highest BCUT2D eigenvalue weighted by Crippen LogP contribution is 2.28. The van der Waals surface area contributed by atoms with Crippen molar-refractivity contribution in [3.05, 3.63) is 69.7 Å². The van der Waals surface area contributed by atoms with E-state index >= 15 is 0 Å². The molecule has 162 valence electrons. The van der Waals surface area contributed by atoms with E-state index in [-0.39, 0.29) is 12.4 Å². The number of nitrogens with zero attached hydrogens (tertiary/aromatic N) is 2. The van der Waals surface area contributed by atoms with Crippen molar-refractivity contribution in [2.75, 3.05) is 19.1 Å². The van der Waals surface area contributed by atoms with E-state index in [1.807, 2.05) is 42.5 Å². The fraction of sp³-hybridized carbons (Fsp3) is 0.227. The van der Waals surface area contributed by atoms with Gasteiger partial charge in [-0.15, -0.1) is 11.3 Å². The smallest absolute Gasteiger partial charge is 0.311 e. The van der Waals surface area contributed by atoms with E-state index in [0.29, 0.717) is 40.6 Å². The highest BCUT2D eigenvalue weighted by molar-refractivity contribution is 7.13. The Morgan fingerprint density at radius 1 is 1.26 bits per heavy atom. The first-order valence-electron chi connectivity index (χ1n) is 9.51. The third-order valence-electron chi connectivity index (χ3n) is 4.03. The van der Waals surface area contributed by atoms with Crippen molar-refractivity contribution >= 4 is 40.3 Å². The molecule has 0 aliphatic rings. The van der Waals surface area contributed by atoms with Gasteiger partial charge in [-0.3, -0.25) is 10.2 Å². The first-order valence-corrected chi connectivity index (χ1v) is 10.8. The van der Waals surface area contributed by atoms with E-state index < -0.39 is 0 Å². The van der Waals surface area contributed by atoms with E-state index in [9.17, 15) is 4.79 Å². The first-order chi connectivity index (χ1) is 15.1. The lowest BCUT2D eigenvalue weighted by Crippen LogP contribution is -2.07. The number of halogens is 1. The minimum atomic E-state index is -0.300. The maximum absolute atomic E-state index is 11.5. The SMILES string of the molecule is CCOC(=O)Cc1csc(NN=Cc2ccc(OC)c(OCc3cccc(Cl)c3)c2)n1. The van der Waals surface area contributed by atoms with Crippen LogP contribution in [-0.4, -0.2) is 30.9 Å². The maximum Gasteiger partial charge on any atom is 0.311 e. The molecule has 1 aromatic heterocycles. The molecule has 0 saturated carbocycles. The molecule has 0 fully saturated rings. The Morgan fingerprint density at radius 3 is 2.90 bits per heavy atom. The summed E-state index contributed by atoms with van der Waals surface area (Å²) in [6, 6.07) is 13.0. The molecule has 3 rings (SSSR count). The van der Waals surface area contributed by atoms with Gasteiger partial charge >= 0.3 is 5.97 Å². The second-order valence-electron chi connectivity index (χ2n) is 6.32. The molecular formula is C22H22ClN3O4S. The van der Waals surface area contributed by atoms with Gasteiger partial charge in [0.05, 0.1) is 32.0 Å². The lowest BCUT2D eigenvalue weighted by molar-refractivity contribution is -0.142. The Morgan fingerprint density at radius 2 is 2.13 bits per heavy atom. The van der Waals surface area contributed by atoms with Gasteiger partial charge in [0.15, 0.2) is 11.5 Å². The number of hydrazone groups is 1. The van der Waals surface area contributed by atoms with Crippen LogP contribution < -0.4 is 14.9 Å². The lowest BCUT2D eigenvalue weighted by Gasteiger charge is -2.11. The van der Waals surface area contributed by atoms with Crippen LogP contribution in [0.3, 0.4) is 0 Å². The number of nitrogens with one attached hydrogen (secondary N) is 1. The Kier molecular flexibility index (Phi) is 8.26. The molecule has 0 aliphatic carbocycles. The average molecular weight is 460 g/mol. The molecule has 0 bridgehead atoms. The monoisotopic (exact) mass is 459 g/mol. The molecule has 1 heterocycles. The zero-order chi connectivity index (χ0) is 22.1. The van der Waals surface area contributed by atoms with Crippen LogP contribution in [0.5, 0.6) is 11.5 Å². The molecule has 1 N–H and O–H groups in total. The number of methoxy groups -OCH3 is 1. The molecule has 2 aromatic carbocycles. The number of anilines is 1. The van der Waals surface area contributed by atoms with Gasteiger partial charge in [-0.2, -0.15) is 5.10 Å². The van der Waals surface area contributed by atoms with Crippen LogP contribution in [0.15, 0.2) is 52.9 Å². The molecule has 31 heavy (non-hydrogen) atoms. The summed E-state index contributed by atoms with van der Waals surface area (Å²) in [5.74, 6) is 0.916. The molecule has 0 radical (unpaired) electrons. The van der Waals surface area contributed by atoms with E-state index in [0.717, 1.165) is 11.1 Å². The summed E-state index contributed by atoms with van der Waals surface area (Å²) in [5, 5.41) is 7.25. The second kappa shape index (κ2) is 11.3. The normalized spacial score (nSPS) is 10.8. The van der Waals surface area contributed by atoms with Crippen molar-refractivity contribution in [3.8, 4) is 11.5 Å². The fourth-order valence-corrected chi connectivity index (χ4v) is 3.51. The second-order valence-corrected chi connectivity index (χ2v) is 7.62. The van der Waals surface area contributed by atoms with Crippen molar-refractivity contribution in [1.29, 1.82) is 0 Å². The third-order valence-corrected chi connectivity index (χ3v) is 5.06. The zero-order valence-corrected chi connectivity index (χ0v) is 18.7. The number of ether oxygens (including phenoxy) is 3. The van der Waals surface area contributed by atoms with Crippen LogP contribution in [0.1, 0.15) is 23.7 Å². The highest BCUT2D eigenvalue weighted by Gasteiger charge is 2.08. The summed E-state index contributed by atoms with van der Waals surface area (Å²) < 4.78 is 16.2. The van der Waals surface area contributed by atoms with Crippen LogP contribution in [0.25, 0.3) is 0 Å². The predicted molar refractivity (Wildman–Crippen MR) is 122 cm³/mol. The molecule has 3 aromatic rings. The van der Waals surface area contributed by atoms with Crippen molar-refractivity contribution in [2.24, 2.45) is 5.10 Å². The largest absolute Gasteiger partial charge is 0.493 e. The number of carbonyl (C=O) groups excluding carboxylic acids is 1. The fourth-order valence-electron chi connectivity index (χ4n) is 2.64. The summed E-state index contributed by atoms with van der Waals surface area (Å²) in [7, 11) is 1.59. The summed E-state index contributed by atoms with van der Waals surface area (Å²) in [5.41, 5.74) is 5.28. The van der Waals surface area contributed by atoms with Crippen LogP contribution >= 0.6 is 22.9 Å². The summed E-state index contributed by atoms with van der Waals surface area (Å²) in [6.07, 6.45) is 1.79. The quantitative estimate of drug-likeness (QED) is 0.263. The lowest BCUT2D eigenvalue weighted by atomic mass is 10.2. The number of rotatable bonds is 10. The molecule has 9 heteroatoms. The van der Waals surface area contributed by atoms with Crippen LogP contribution in [0, 0.1) is 0 Å². The molecule has 0 amide bonds. The number of esters is 1. The Bertz CT molecular complexity index is 1050. The van der Waals surface area contributed by atoms with Crippen molar-refractivity contribution < 1.29 is 19.0 Å². The zero-order valence-electron chi connectivity index (χ0n) is 17.1. The number of aromatic nitrogens is 1. The van der Waals surface area contributed by atoms with Gasteiger partial charge in [-0.1, -0.05) is 23.7 Å². The molecule has 0 unspecified atom stereocenters. The highest BCUT2D eigenvalue weighted by atomic mass is 35.5. The van der Waals surface area contributed by atoms with Crippen LogP contribution in [0.4, 0.5) is 5.13 Å². The molecule has 7 nitrogen and oxygen atoms in total. The predicted octanol–water partition coefficient (Wildman–Crippen LogP) is 4.94. The standard InChI is InChI=1S/C22H22ClN3O4S/c1-3-29-21(27)11-18-14-31-22(25-18)26-24-12-15-7-8-19(28-2)20(10-15)30-13-16-5-4-6-17(23)9-16/h4-10,12,14H,3,11,13H2,1-2H3,(H,25,26). The Balaban J connectivity index is 1.61. The van der Waals surface area contributed by atoms with E-state index in [4.69, 9.17) is 25.8 Å². The van der Waals surface area contributed by atoms with E-state index in [1.165, 1.54) is 11.3 Å². The summed E-state index contributed by atoms with van der Waals surface area (Å²) in [6.45, 7) is 2.48. The van der Waals surface area contributed by atoms with Crippen molar-refractivity contribution in [3.63, 3.8) is 0 Å². The van der Waals surface area contributed by atoms with Gasteiger partial charge in [-0.25, -0.2) is 4.98 Å². The topological polar surface area (TPSA) is 82.0 Å². The van der Waals surface area contributed by atoms with Crippen LogP contribution in [-0.2, 0) is 22.6 Å².